The first kappa shape index (κ1) is 74.1. The lowest BCUT2D eigenvalue weighted by Crippen LogP contribution is -2.56. The van der Waals surface area contributed by atoms with Crippen molar-refractivity contribution in [1.29, 1.82) is 0 Å². The van der Waals surface area contributed by atoms with Crippen LogP contribution in [0.1, 0.15) is 171 Å². The number of nitrogens with one attached hydrogen (secondary N) is 6. The standard InChI is InChI=1S/C66H96F2N10O13/c1-40(2)55(75-51(80)27-17-14-20-34-77-52(81)30-31-53(77)82)61(87)70-41(3)58(84)73-49(62(88)90-65(7,8)9)25-18-19-33-69-59(85)44-24-21-26-47(44)72-60(86)48(74-63(89)91-66(10,11)12)32-35-78(54(83)39-79)56(64(4,5)6)57-71-50(45-36-43(67)28-29-46(45)68)38-76(57)37-42-22-15-13-16-23-42/h13,15-16,22-23,28-31,36,38,40-41,44,47-49,55-56,62,79,88H,14,17-21,24-27,32-35,37,39H2,1-12H3,(H,69,85)(H,70,87)(H,72,86)(H,73,84)(H,74,89)(H,75,80)/t41-,44-,47+,48-,49-,55-,56-,62?/m0/s1. The number of aliphatic hydroxyl groups excluding tert-OH is 2. The van der Waals surface area contributed by atoms with Gasteiger partial charge in [0, 0.05) is 62.6 Å². The lowest BCUT2D eigenvalue weighted by molar-refractivity contribution is -0.183. The van der Waals surface area contributed by atoms with Crippen LogP contribution in [-0.4, -0.2) is 157 Å². The maximum Gasteiger partial charge on any atom is 0.408 e. The summed E-state index contributed by atoms with van der Waals surface area (Å²) >= 11 is 0. The first-order valence-corrected chi connectivity index (χ1v) is 31.5. The number of alkyl carbamates (subject to hydrolysis) is 1. The van der Waals surface area contributed by atoms with Gasteiger partial charge in [0.25, 0.3) is 11.8 Å². The fourth-order valence-electron chi connectivity index (χ4n) is 11.0. The minimum absolute atomic E-state index is 0.0942. The molecule has 0 spiro atoms. The van der Waals surface area contributed by atoms with Crippen LogP contribution >= 0.6 is 0 Å². The third-order valence-electron chi connectivity index (χ3n) is 15.5. The number of rotatable bonds is 32. The van der Waals surface area contributed by atoms with Crippen LogP contribution in [0.15, 0.2) is 66.9 Å². The molecule has 1 unspecified atom stereocenters. The van der Waals surface area contributed by atoms with Crippen molar-refractivity contribution in [2.45, 2.75) is 214 Å². The van der Waals surface area contributed by atoms with Crippen LogP contribution in [0.3, 0.4) is 0 Å². The summed E-state index contributed by atoms with van der Waals surface area (Å²) in [6, 6.07) is 6.35. The van der Waals surface area contributed by atoms with E-state index in [-0.39, 0.29) is 92.1 Å². The smallest absolute Gasteiger partial charge is 0.408 e. The van der Waals surface area contributed by atoms with E-state index in [1.165, 1.54) is 24.0 Å². The highest BCUT2D eigenvalue weighted by atomic mass is 19.1. The minimum atomic E-state index is -1.46. The summed E-state index contributed by atoms with van der Waals surface area (Å²) in [4.78, 5) is 127. The molecule has 5 rings (SSSR count). The topological polar surface area (TPSA) is 309 Å². The SMILES string of the molecule is CC(C)[C@H](NC(=O)CCCCCN1C(=O)C=CC1=O)C(=O)N[C@@H](C)C(=O)N[C@@H](CCCCNC(=O)[C@H]1CCC[C@H]1NC(=O)[C@H](CCN(C(=O)CO)[C@@H](c1nc(-c2cc(F)ccc2F)cn1Cc1ccccc1)C(C)(C)C)NC(=O)OC(C)(C)C)C(O)OC(C)(C)C. The largest absolute Gasteiger partial charge is 0.444 e. The summed E-state index contributed by atoms with van der Waals surface area (Å²) in [5.41, 5.74) is -1.81. The lowest BCUT2D eigenvalue weighted by atomic mass is 9.84. The molecule has 1 aliphatic carbocycles. The van der Waals surface area contributed by atoms with E-state index in [2.05, 4.69) is 31.9 Å². The second-order valence-electron chi connectivity index (χ2n) is 26.9. The maximum absolute atomic E-state index is 15.4. The molecule has 8 N–H and O–H groups in total. The van der Waals surface area contributed by atoms with Gasteiger partial charge in [-0.15, -0.1) is 0 Å². The van der Waals surface area contributed by atoms with Crippen molar-refractivity contribution >= 4 is 53.4 Å². The monoisotopic (exact) mass is 1270 g/mol. The zero-order chi connectivity index (χ0) is 67.5. The molecule has 502 valence electrons. The van der Waals surface area contributed by atoms with Gasteiger partial charge in [-0.05, 0) is 135 Å². The molecule has 1 fully saturated rings. The van der Waals surface area contributed by atoms with E-state index >= 15 is 4.39 Å². The van der Waals surface area contributed by atoms with Crippen molar-refractivity contribution in [1.82, 2.24) is 51.3 Å². The molecule has 0 bridgehead atoms. The van der Waals surface area contributed by atoms with Gasteiger partial charge in [-0.2, -0.15) is 0 Å². The summed E-state index contributed by atoms with van der Waals surface area (Å²) in [5.74, 6) is -6.21. The Morgan fingerprint density at radius 2 is 1.46 bits per heavy atom. The van der Waals surface area contributed by atoms with Gasteiger partial charge in [-0.3, -0.25) is 43.3 Å². The number of hydrogen-bond donors (Lipinski definition) is 8. The number of carbonyl (C=O) groups is 9. The Kier molecular flexibility index (Phi) is 27.4. The van der Waals surface area contributed by atoms with E-state index in [1.54, 1.807) is 66.2 Å². The molecule has 23 nitrogen and oxygen atoms in total. The second-order valence-corrected chi connectivity index (χ2v) is 26.9. The summed E-state index contributed by atoms with van der Waals surface area (Å²) < 4.78 is 43.2. The van der Waals surface area contributed by atoms with Gasteiger partial charge >= 0.3 is 6.09 Å². The number of unbranched alkanes of at least 4 members (excludes halogenated alkanes) is 3. The molecule has 2 heterocycles. The van der Waals surface area contributed by atoms with Crippen LogP contribution < -0.4 is 31.9 Å². The number of amides is 9. The minimum Gasteiger partial charge on any atom is -0.444 e. The number of hydrogen-bond acceptors (Lipinski definition) is 14. The van der Waals surface area contributed by atoms with Crippen LogP contribution in [-0.2, 0) is 54.4 Å². The molecule has 0 saturated heterocycles. The molecule has 25 heteroatoms. The highest BCUT2D eigenvalue weighted by Crippen LogP contribution is 2.40. The Balaban J connectivity index is 1.22. The van der Waals surface area contributed by atoms with Gasteiger partial charge in [-0.1, -0.05) is 77.8 Å². The van der Waals surface area contributed by atoms with Crippen molar-refractivity contribution in [3.05, 3.63) is 89.9 Å². The molecule has 1 aromatic heterocycles. The summed E-state index contributed by atoms with van der Waals surface area (Å²) in [5, 5.41) is 38.6. The fraction of sp³-hybridized carbons (Fsp3) is 0.606. The number of aromatic nitrogens is 2. The third-order valence-corrected chi connectivity index (χ3v) is 15.5. The second kappa shape index (κ2) is 33.6. The number of ether oxygens (including phenoxy) is 2. The zero-order valence-corrected chi connectivity index (χ0v) is 54.8. The number of benzene rings is 2. The lowest BCUT2D eigenvalue weighted by Gasteiger charge is -2.40. The average molecular weight is 1280 g/mol. The fourth-order valence-corrected chi connectivity index (χ4v) is 11.0. The summed E-state index contributed by atoms with van der Waals surface area (Å²) in [6.45, 7) is 20.2. The molecule has 8 atom stereocenters. The summed E-state index contributed by atoms with van der Waals surface area (Å²) in [7, 11) is 0. The highest BCUT2D eigenvalue weighted by Gasteiger charge is 2.41. The number of aliphatic hydroxyl groups is 2. The van der Waals surface area contributed by atoms with Gasteiger partial charge in [0.15, 0.2) is 6.29 Å². The number of nitrogens with zero attached hydrogens (tertiary/aromatic N) is 4. The van der Waals surface area contributed by atoms with Crippen LogP contribution in [0.2, 0.25) is 0 Å². The molecular weight excluding hydrogens is 1180 g/mol. The van der Waals surface area contributed by atoms with Crippen LogP contribution in [0.4, 0.5) is 13.6 Å². The Morgan fingerprint density at radius 1 is 0.780 bits per heavy atom. The molecule has 2 aliphatic rings. The van der Waals surface area contributed by atoms with Crippen molar-refractivity contribution in [3.8, 4) is 11.3 Å². The van der Waals surface area contributed by atoms with Crippen LogP contribution in [0.25, 0.3) is 11.3 Å². The van der Waals surface area contributed by atoms with E-state index in [0.717, 1.165) is 28.7 Å². The van der Waals surface area contributed by atoms with Crippen molar-refractivity contribution in [2.24, 2.45) is 17.3 Å². The number of carbonyl (C=O) groups excluding carboxylic acids is 9. The van der Waals surface area contributed by atoms with E-state index < -0.39 is 113 Å². The van der Waals surface area contributed by atoms with Gasteiger partial charge < -0.3 is 61.1 Å². The van der Waals surface area contributed by atoms with E-state index in [0.29, 0.717) is 51.4 Å². The van der Waals surface area contributed by atoms with Gasteiger partial charge in [0.05, 0.1) is 29.3 Å². The molecule has 2 aromatic carbocycles. The normalized spacial score (nSPS) is 17.2. The van der Waals surface area contributed by atoms with Crippen LogP contribution in [0.5, 0.6) is 0 Å². The van der Waals surface area contributed by atoms with Crippen LogP contribution in [0, 0.1) is 28.9 Å². The van der Waals surface area contributed by atoms with Gasteiger partial charge in [0.2, 0.25) is 35.4 Å². The quantitative estimate of drug-likeness (QED) is 0.0191. The van der Waals surface area contributed by atoms with E-state index in [1.807, 2.05) is 51.1 Å². The molecule has 91 heavy (non-hydrogen) atoms. The third kappa shape index (κ3) is 23.2. The first-order chi connectivity index (χ1) is 42.7. The van der Waals surface area contributed by atoms with Crippen molar-refractivity contribution in [3.63, 3.8) is 0 Å². The molecular formula is C66H96F2N10O13. The Hall–Kier alpha value is -7.64. The Morgan fingerprint density at radius 3 is 2.09 bits per heavy atom. The maximum atomic E-state index is 15.4. The van der Waals surface area contributed by atoms with Crippen molar-refractivity contribution in [2.75, 3.05) is 26.2 Å². The van der Waals surface area contributed by atoms with Gasteiger partial charge in [-0.25, -0.2) is 18.6 Å². The predicted molar refractivity (Wildman–Crippen MR) is 336 cm³/mol. The molecule has 1 saturated carbocycles. The predicted octanol–water partition coefficient (Wildman–Crippen LogP) is 6.39. The van der Waals surface area contributed by atoms with E-state index in [9.17, 15) is 57.8 Å². The number of halogens is 2. The number of imidazole rings is 1. The molecule has 9 amide bonds. The van der Waals surface area contributed by atoms with E-state index in [4.69, 9.17) is 14.5 Å². The average Bonchev–Trinajstić information content (AvgIpc) is 1.73. The summed E-state index contributed by atoms with van der Waals surface area (Å²) in [6.07, 6.45) is 5.48. The van der Waals surface area contributed by atoms with Gasteiger partial charge in [0.1, 0.15) is 47.8 Å². The zero-order valence-electron chi connectivity index (χ0n) is 54.8. The molecule has 3 aromatic rings. The molecule has 1 aliphatic heterocycles. The highest BCUT2D eigenvalue weighted by molar-refractivity contribution is 6.12. The first-order valence-electron chi connectivity index (χ1n) is 31.5. The Labute approximate surface area is 533 Å². The van der Waals surface area contributed by atoms with Crippen molar-refractivity contribution < 1.29 is 71.6 Å². The Bertz CT molecular complexity index is 3010. The molecule has 0 radical (unpaired) electrons. The number of imide groups is 1.